The van der Waals surface area contributed by atoms with Gasteiger partial charge >= 0.3 is 0 Å². The molecule has 5 N–H and O–H groups in total. The maximum Gasteiger partial charge on any atom is 0.224 e. The highest BCUT2D eigenvalue weighted by Crippen LogP contribution is 2.45. The highest BCUT2D eigenvalue weighted by molar-refractivity contribution is 7.21. The van der Waals surface area contributed by atoms with E-state index in [9.17, 15) is 15.3 Å². The quantitative estimate of drug-likeness (QED) is 0.223. The lowest BCUT2D eigenvalue weighted by atomic mass is 9.88. The van der Waals surface area contributed by atoms with Crippen molar-refractivity contribution in [2.75, 3.05) is 30.4 Å². The Hall–Kier alpha value is -2.44. The molecule has 3 saturated carbocycles. The number of aliphatic hydroxyl groups is 3. The maximum absolute atomic E-state index is 10.9. The van der Waals surface area contributed by atoms with Gasteiger partial charge in [0.15, 0.2) is 0 Å². The van der Waals surface area contributed by atoms with Crippen LogP contribution in [0.3, 0.4) is 0 Å². The summed E-state index contributed by atoms with van der Waals surface area (Å²) in [7, 11) is 0. The lowest BCUT2D eigenvalue weighted by Crippen LogP contribution is -2.40. The average Bonchev–Trinajstić information content (AvgIpc) is 3.81. The average molecular weight is 555 g/mol. The third-order valence-electron chi connectivity index (χ3n) is 8.10. The molecule has 3 fully saturated rings. The molecule has 0 spiro atoms. The Balaban J connectivity index is 1.31. The van der Waals surface area contributed by atoms with E-state index in [2.05, 4.69) is 15.6 Å². The van der Waals surface area contributed by atoms with Crippen LogP contribution in [0.25, 0.3) is 20.8 Å². The van der Waals surface area contributed by atoms with Gasteiger partial charge in [-0.05, 0) is 64.9 Å². The van der Waals surface area contributed by atoms with Gasteiger partial charge in [-0.1, -0.05) is 0 Å². The molecule has 3 aliphatic rings. The van der Waals surface area contributed by atoms with Crippen LogP contribution >= 0.6 is 11.3 Å². The lowest BCUT2D eigenvalue weighted by molar-refractivity contribution is -0.0601. The summed E-state index contributed by atoms with van der Waals surface area (Å²) in [5.74, 6) is 1.70. The number of aryl methyl sites for hydroxylation is 1. The van der Waals surface area contributed by atoms with Crippen molar-refractivity contribution in [3.05, 3.63) is 23.7 Å². The van der Waals surface area contributed by atoms with E-state index in [4.69, 9.17) is 19.7 Å². The number of ether oxygens (including phenoxy) is 1. The van der Waals surface area contributed by atoms with Crippen molar-refractivity contribution in [1.82, 2.24) is 19.9 Å². The van der Waals surface area contributed by atoms with Crippen LogP contribution < -0.4 is 10.6 Å². The van der Waals surface area contributed by atoms with Crippen molar-refractivity contribution in [2.24, 2.45) is 11.8 Å². The van der Waals surface area contributed by atoms with Gasteiger partial charge in [0.1, 0.15) is 22.4 Å². The number of fused-ring (bicyclic) bond motifs is 1. The summed E-state index contributed by atoms with van der Waals surface area (Å²) in [6.45, 7) is 7.20. The van der Waals surface area contributed by atoms with Crippen molar-refractivity contribution >= 4 is 33.3 Å². The Morgan fingerprint density at radius 1 is 1.10 bits per heavy atom. The van der Waals surface area contributed by atoms with Crippen LogP contribution in [0.5, 0.6) is 0 Å². The Bertz CT molecular complexity index is 1340. The Morgan fingerprint density at radius 2 is 1.90 bits per heavy atom. The second kappa shape index (κ2) is 10.5. The number of nitrogens with zero attached hydrogens (tertiary/aromatic N) is 4. The minimum atomic E-state index is -1.13. The number of pyridine rings is 1. The number of nitrogens with one attached hydrogen (secondary N) is 2. The van der Waals surface area contributed by atoms with Crippen LogP contribution in [0.2, 0.25) is 0 Å². The first-order chi connectivity index (χ1) is 18.7. The van der Waals surface area contributed by atoms with E-state index < -0.39 is 29.8 Å². The minimum Gasteiger partial charge on any atom is -0.390 e. The fourth-order valence-corrected chi connectivity index (χ4v) is 6.54. The summed E-state index contributed by atoms with van der Waals surface area (Å²) in [5.41, 5.74) is 2.37. The minimum absolute atomic E-state index is 0.391. The topological polar surface area (TPSA) is 146 Å². The van der Waals surface area contributed by atoms with E-state index in [1.165, 1.54) is 12.8 Å². The molecule has 6 rings (SSSR count). The lowest BCUT2D eigenvalue weighted by Gasteiger charge is -2.28. The van der Waals surface area contributed by atoms with Gasteiger partial charge in [0.05, 0.1) is 46.0 Å². The first kappa shape index (κ1) is 26.8. The third-order valence-corrected chi connectivity index (χ3v) is 9.13. The zero-order valence-corrected chi connectivity index (χ0v) is 23.5. The first-order valence-electron chi connectivity index (χ1n) is 14.0. The second-order valence-electron chi connectivity index (χ2n) is 11.9. The SMILES string of the molecule is Cc1nc(NCCOCC2CC2)nc(N[C@@H]2C[C@H](C(C)(C)O)[C@@H](O)[C@H]2O)c1-c1nc2c(C3CC3)nccc2s1. The Morgan fingerprint density at radius 3 is 2.59 bits per heavy atom. The molecule has 10 nitrogen and oxygen atoms in total. The van der Waals surface area contributed by atoms with Crippen LogP contribution in [0.4, 0.5) is 11.8 Å². The number of hydrogen-bond donors (Lipinski definition) is 5. The van der Waals surface area contributed by atoms with Crippen molar-refractivity contribution in [2.45, 2.75) is 82.6 Å². The number of hydrogen-bond acceptors (Lipinski definition) is 11. The van der Waals surface area contributed by atoms with Crippen LogP contribution in [0.1, 0.15) is 63.3 Å². The molecule has 4 atom stereocenters. The standard InChI is InChI=1S/C28H38N6O4S/c1-14-20(26-33-22-19(39-26)8-9-29-21(22)16-6-7-16)25(32-18-12-17(28(2,3)37)23(35)24(18)36)34-27(31-14)30-10-11-38-13-15-4-5-15/h8-9,15-18,23-24,35-37H,4-7,10-13H2,1-3H3,(H2,30,31,32,34)/t17-,18+,23+,24-/m0/s1. The molecule has 0 aliphatic heterocycles. The Kier molecular flexibility index (Phi) is 7.22. The van der Waals surface area contributed by atoms with Gasteiger partial charge in [0.25, 0.3) is 0 Å². The molecule has 3 aliphatic carbocycles. The van der Waals surface area contributed by atoms with Gasteiger partial charge in [0.2, 0.25) is 5.95 Å². The summed E-state index contributed by atoms with van der Waals surface area (Å²) < 4.78 is 6.82. The zero-order chi connectivity index (χ0) is 27.3. The van der Waals surface area contributed by atoms with Gasteiger partial charge in [-0.2, -0.15) is 4.98 Å². The summed E-state index contributed by atoms with van der Waals surface area (Å²) in [6, 6.07) is 1.49. The van der Waals surface area contributed by atoms with Gasteiger partial charge < -0.3 is 30.7 Å². The number of thiazole rings is 1. The highest BCUT2D eigenvalue weighted by atomic mass is 32.1. The van der Waals surface area contributed by atoms with Gasteiger partial charge in [-0.25, -0.2) is 9.97 Å². The van der Waals surface area contributed by atoms with Gasteiger partial charge in [-0.3, -0.25) is 4.98 Å². The highest BCUT2D eigenvalue weighted by Gasteiger charge is 2.48. The van der Waals surface area contributed by atoms with Gasteiger partial charge in [-0.15, -0.1) is 11.3 Å². The molecule has 39 heavy (non-hydrogen) atoms. The van der Waals surface area contributed by atoms with Crippen LogP contribution in [-0.2, 0) is 4.74 Å². The van der Waals surface area contributed by atoms with Crippen molar-refractivity contribution in [3.63, 3.8) is 0 Å². The van der Waals surface area contributed by atoms with Crippen molar-refractivity contribution < 1.29 is 20.1 Å². The summed E-state index contributed by atoms with van der Waals surface area (Å²) >= 11 is 1.58. The van der Waals surface area contributed by atoms with E-state index in [1.807, 2.05) is 19.2 Å². The molecule has 3 aromatic heterocycles. The number of rotatable bonds is 11. The smallest absolute Gasteiger partial charge is 0.224 e. The molecule has 0 radical (unpaired) electrons. The second-order valence-corrected chi connectivity index (χ2v) is 12.9. The van der Waals surface area contributed by atoms with Crippen LogP contribution in [-0.4, -0.2) is 78.9 Å². The van der Waals surface area contributed by atoms with E-state index in [-0.39, 0.29) is 0 Å². The van der Waals surface area contributed by atoms with Crippen molar-refractivity contribution in [1.29, 1.82) is 0 Å². The molecular weight excluding hydrogens is 516 g/mol. The van der Waals surface area contributed by atoms with E-state index in [0.717, 1.165) is 51.6 Å². The fraction of sp³-hybridized carbons (Fsp3) is 0.643. The van der Waals surface area contributed by atoms with Crippen LogP contribution in [0.15, 0.2) is 12.3 Å². The predicted octanol–water partition coefficient (Wildman–Crippen LogP) is 3.47. The molecule has 0 unspecified atom stereocenters. The maximum atomic E-state index is 10.9. The van der Waals surface area contributed by atoms with E-state index in [1.54, 1.807) is 25.2 Å². The van der Waals surface area contributed by atoms with Crippen LogP contribution in [0, 0.1) is 18.8 Å². The molecule has 0 aromatic carbocycles. The summed E-state index contributed by atoms with van der Waals surface area (Å²) in [4.78, 5) is 19.2. The first-order valence-corrected chi connectivity index (χ1v) is 14.8. The molecular formula is C28H38N6O4S. The number of aromatic nitrogens is 4. The van der Waals surface area contributed by atoms with E-state index >= 15 is 0 Å². The number of anilines is 2. The predicted molar refractivity (Wildman–Crippen MR) is 151 cm³/mol. The van der Waals surface area contributed by atoms with Crippen molar-refractivity contribution in [3.8, 4) is 10.6 Å². The monoisotopic (exact) mass is 554 g/mol. The number of aliphatic hydroxyl groups excluding tert-OH is 2. The van der Waals surface area contributed by atoms with Gasteiger partial charge in [0, 0.05) is 31.2 Å². The fourth-order valence-electron chi connectivity index (χ4n) is 5.47. The molecule has 3 aromatic rings. The summed E-state index contributed by atoms with van der Waals surface area (Å²) in [5, 5.41) is 39.6. The molecule has 0 amide bonds. The third kappa shape index (κ3) is 5.74. The molecule has 0 saturated heterocycles. The van der Waals surface area contributed by atoms with E-state index in [0.29, 0.717) is 43.2 Å². The normalized spacial score (nSPS) is 25.4. The molecule has 3 heterocycles. The summed E-state index contributed by atoms with van der Waals surface area (Å²) in [6.07, 6.45) is 4.93. The Labute approximate surface area is 232 Å². The molecule has 0 bridgehead atoms. The largest absolute Gasteiger partial charge is 0.390 e. The zero-order valence-electron chi connectivity index (χ0n) is 22.7. The molecule has 210 valence electrons. The molecule has 11 heteroatoms.